The largest absolute Gasteiger partial charge is 0.508 e. The van der Waals surface area contributed by atoms with E-state index in [4.69, 9.17) is 0 Å². The number of phenolic OH excluding ortho intramolecular Hbond substituents is 1. The number of aromatic nitrogens is 4. The first-order chi connectivity index (χ1) is 10.0. The number of hydrogen-bond acceptors (Lipinski definition) is 4. The number of imidazole rings is 1. The van der Waals surface area contributed by atoms with Gasteiger partial charge in [0.2, 0.25) is 0 Å². The SMILES string of the molecule is CC(C)Cn1c(=O)[nH]c2nc(-c3ccc(O)cc3)cnc21. The second-order valence-corrected chi connectivity index (χ2v) is 5.41. The Labute approximate surface area is 121 Å². The molecular formula is C15H16N4O2. The van der Waals surface area contributed by atoms with Gasteiger partial charge < -0.3 is 5.11 Å². The van der Waals surface area contributed by atoms with Crippen molar-refractivity contribution in [3.63, 3.8) is 0 Å². The van der Waals surface area contributed by atoms with Gasteiger partial charge in [-0.25, -0.2) is 14.8 Å². The summed E-state index contributed by atoms with van der Waals surface area (Å²) >= 11 is 0. The van der Waals surface area contributed by atoms with Crippen LogP contribution in [0.2, 0.25) is 0 Å². The first-order valence-corrected chi connectivity index (χ1v) is 6.79. The first-order valence-electron chi connectivity index (χ1n) is 6.79. The molecule has 0 saturated carbocycles. The van der Waals surface area contributed by atoms with Crippen LogP contribution in [-0.4, -0.2) is 24.6 Å². The maximum Gasteiger partial charge on any atom is 0.328 e. The average molecular weight is 284 g/mol. The van der Waals surface area contributed by atoms with Crippen LogP contribution in [0.15, 0.2) is 35.3 Å². The van der Waals surface area contributed by atoms with Crippen LogP contribution in [0.4, 0.5) is 0 Å². The molecule has 0 aliphatic carbocycles. The molecule has 21 heavy (non-hydrogen) atoms. The van der Waals surface area contributed by atoms with E-state index in [1.807, 2.05) is 13.8 Å². The fourth-order valence-corrected chi connectivity index (χ4v) is 2.23. The number of aromatic hydroxyl groups is 1. The molecule has 0 fully saturated rings. The lowest BCUT2D eigenvalue weighted by molar-refractivity contribution is 0.475. The van der Waals surface area contributed by atoms with Gasteiger partial charge in [0, 0.05) is 12.1 Å². The molecule has 0 saturated heterocycles. The minimum atomic E-state index is -0.193. The summed E-state index contributed by atoms with van der Waals surface area (Å²) in [5, 5.41) is 9.31. The highest BCUT2D eigenvalue weighted by atomic mass is 16.3. The number of aromatic amines is 1. The van der Waals surface area contributed by atoms with E-state index in [1.54, 1.807) is 35.0 Å². The first kappa shape index (κ1) is 13.4. The van der Waals surface area contributed by atoms with Crippen molar-refractivity contribution in [2.24, 2.45) is 5.92 Å². The van der Waals surface area contributed by atoms with Crippen LogP contribution >= 0.6 is 0 Å². The van der Waals surface area contributed by atoms with Gasteiger partial charge in [-0.15, -0.1) is 0 Å². The zero-order chi connectivity index (χ0) is 15.0. The molecule has 6 heteroatoms. The zero-order valence-corrected chi connectivity index (χ0v) is 11.9. The van der Waals surface area contributed by atoms with E-state index >= 15 is 0 Å². The summed E-state index contributed by atoms with van der Waals surface area (Å²) in [5.41, 5.74) is 2.34. The fourth-order valence-electron chi connectivity index (χ4n) is 2.23. The number of phenols is 1. The summed E-state index contributed by atoms with van der Waals surface area (Å²) in [6, 6.07) is 6.70. The van der Waals surface area contributed by atoms with Crippen LogP contribution in [0.3, 0.4) is 0 Å². The summed E-state index contributed by atoms with van der Waals surface area (Å²) in [4.78, 5) is 23.5. The number of fused-ring (bicyclic) bond motifs is 1. The smallest absolute Gasteiger partial charge is 0.328 e. The maximum atomic E-state index is 12.0. The van der Waals surface area contributed by atoms with Crippen molar-refractivity contribution in [1.29, 1.82) is 0 Å². The fraction of sp³-hybridized carbons (Fsp3) is 0.267. The van der Waals surface area contributed by atoms with E-state index < -0.39 is 0 Å². The Morgan fingerprint density at radius 1 is 1.29 bits per heavy atom. The van der Waals surface area contributed by atoms with Crippen molar-refractivity contribution in [2.45, 2.75) is 20.4 Å². The molecule has 0 aliphatic rings. The molecule has 3 rings (SSSR count). The summed E-state index contributed by atoms with van der Waals surface area (Å²) in [6.07, 6.45) is 1.64. The normalized spacial score (nSPS) is 11.4. The van der Waals surface area contributed by atoms with Crippen LogP contribution in [0.1, 0.15) is 13.8 Å². The topological polar surface area (TPSA) is 83.8 Å². The Morgan fingerprint density at radius 2 is 2.00 bits per heavy atom. The second kappa shape index (κ2) is 5.05. The van der Waals surface area contributed by atoms with Gasteiger partial charge in [0.15, 0.2) is 11.3 Å². The molecule has 0 radical (unpaired) electrons. The maximum absolute atomic E-state index is 12.0. The van der Waals surface area contributed by atoms with Crippen molar-refractivity contribution in [2.75, 3.05) is 0 Å². The van der Waals surface area contributed by atoms with E-state index in [1.165, 1.54) is 0 Å². The molecule has 3 aromatic rings. The van der Waals surface area contributed by atoms with Crippen LogP contribution in [0.5, 0.6) is 5.75 Å². The summed E-state index contributed by atoms with van der Waals surface area (Å²) in [7, 11) is 0. The van der Waals surface area contributed by atoms with Crippen LogP contribution < -0.4 is 5.69 Å². The average Bonchev–Trinajstić information content (AvgIpc) is 2.74. The van der Waals surface area contributed by atoms with Crippen LogP contribution in [0.25, 0.3) is 22.6 Å². The van der Waals surface area contributed by atoms with Crippen molar-refractivity contribution < 1.29 is 5.11 Å². The Morgan fingerprint density at radius 3 is 2.67 bits per heavy atom. The number of benzene rings is 1. The summed E-state index contributed by atoms with van der Waals surface area (Å²) < 4.78 is 1.60. The lowest BCUT2D eigenvalue weighted by atomic mass is 10.1. The predicted octanol–water partition coefficient (Wildman–Crippen LogP) is 2.15. The predicted molar refractivity (Wildman–Crippen MR) is 80.1 cm³/mol. The molecule has 0 aliphatic heterocycles. The number of rotatable bonds is 3. The van der Waals surface area contributed by atoms with E-state index in [0.717, 1.165) is 5.56 Å². The molecule has 2 N–H and O–H groups in total. The lowest BCUT2D eigenvalue weighted by Crippen LogP contribution is -2.19. The highest BCUT2D eigenvalue weighted by Gasteiger charge is 2.12. The second-order valence-electron chi connectivity index (χ2n) is 5.41. The highest BCUT2D eigenvalue weighted by Crippen LogP contribution is 2.20. The van der Waals surface area contributed by atoms with E-state index in [0.29, 0.717) is 29.5 Å². The third-order valence-electron chi connectivity index (χ3n) is 3.19. The van der Waals surface area contributed by atoms with Gasteiger partial charge >= 0.3 is 5.69 Å². The Hall–Kier alpha value is -2.63. The van der Waals surface area contributed by atoms with Gasteiger partial charge in [0.05, 0.1) is 11.9 Å². The monoisotopic (exact) mass is 284 g/mol. The van der Waals surface area contributed by atoms with Crippen molar-refractivity contribution in [3.8, 4) is 17.0 Å². The van der Waals surface area contributed by atoms with Gasteiger partial charge in [0.1, 0.15) is 5.75 Å². The van der Waals surface area contributed by atoms with E-state index in [-0.39, 0.29) is 11.4 Å². The molecule has 6 nitrogen and oxygen atoms in total. The summed E-state index contributed by atoms with van der Waals surface area (Å²) in [5.74, 6) is 0.546. The number of H-pyrrole nitrogens is 1. The molecule has 108 valence electrons. The molecule has 0 amide bonds. The third kappa shape index (κ3) is 2.52. The molecule has 1 aromatic carbocycles. The van der Waals surface area contributed by atoms with Crippen LogP contribution in [0, 0.1) is 5.92 Å². The van der Waals surface area contributed by atoms with E-state index in [9.17, 15) is 9.90 Å². The van der Waals surface area contributed by atoms with E-state index in [2.05, 4.69) is 15.0 Å². The van der Waals surface area contributed by atoms with Crippen molar-refractivity contribution in [3.05, 3.63) is 40.9 Å². The van der Waals surface area contributed by atoms with Gasteiger partial charge in [-0.05, 0) is 30.2 Å². The van der Waals surface area contributed by atoms with Crippen molar-refractivity contribution in [1.82, 2.24) is 19.5 Å². The van der Waals surface area contributed by atoms with Gasteiger partial charge in [-0.2, -0.15) is 0 Å². The number of hydrogen-bond donors (Lipinski definition) is 2. The molecule has 0 unspecified atom stereocenters. The van der Waals surface area contributed by atoms with Crippen LogP contribution in [-0.2, 0) is 6.54 Å². The van der Waals surface area contributed by atoms with Crippen molar-refractivity contribution >= 4 is 11.3 Å². The van der Waals surface area contributed by atoms with Gasteiger partial charge in [0.25, 0.3) is 0 Å². The van der Waals surface area contributed by atoms with Gasteiger partial charge in [-0.3, -0.25) is 9.55 Å². The zero-order valence-electron chi connectivity index (χ0n) is 11.9. The lowest BCUT2D eigenvalue weighted by Gasteiger charge is -2.05. The molecule has 0 bridgehead atoms. The Bertz CT molecular complexity index is 831. The standard InChI is InChI=1S/C15H16N4O2/c1-9(2)8-19-14-13(18-15(19)21)17-12(7-16-14)10-3-5-11(20)6-4-10/h3-7,9,20H,8H2,1-2H3,(H,17,18,21). The minimum absolute atomic E-state index is 0.193. The highest BCUT2D eigenvalue weighted by molar-refractivity contribution is 5.70. The molecule has 0 spiro atoms. The Balaban J connectivity index is 2.09. The quantitative estimate of drug-likeness (QED) is 0.772. The molecule has 0 atom stereocenters. The third-order valence-corrected chi connectivity index (χ3v) is 3.19. The molecular weight excluding hydrogens is 268 g/mol. The minimum Gasteiger partial charge on any atom is -0.508 e. The Kier molecular flexibility index (Phi) is 3.21. The summed E-state index contributed by atoms with van der Waals surface area (Å²) in [6.45, 7) is 4.69. The number of nitrogens with one attached hydrogen (secondary N) is 1. The van der Waals surface area contributed by atoms with Gasteiger partial charge in [-0.1, -0.05) is 13.8 Å². The molecule has 2 heterocycles. The number of nitrogens with zero attached hydrogens (tertiary/aromatic N) is 3. The molecule has 2 aromatic heterocycles.